The van der Waals surface area contributed by atoms with E-state index >= 15 is 0 Å². The highest BCUT2D eigenvalue weighted by atomic mass is 35.5. The van der Waals surface area contributed by atoms with Crippen LogP contribution >= 0.6 is 22.9 Å². The van der Waals surface area contributed by atoms with Crippen molar-refractivity contribution in [3.63, 3.8) is 0 Å². The van der Waals surface area contributed by atoms with Gasteiger partial charge < -0.3 is 4.42 Å². The van der Waals surface area contributed by atoms with Crippen LogP contribution in [-0.4, -0.2) is 21.7 Å². The number of carbonyl (C=O) groups excluding carboxylic acids is 2. The summed E-state index contributed by atoms with van der Waals surface area (Å²) < 4.78 is 5.38. The van der Waals surface area contributed by atoms with Crippen molar-refractivity contribution in [2.75, 3.05) is 5.32 Å². The predicted octanol–water partition coefficient (Wildman–Crippen LogP) is 4.77. The van der Waals surface area contributed by atoms with Crippen molar-refractivity contribution in [3.8, 4) is 11.5 Å². The van der Waals surface area contributed by atoms with Crippen LogP contribution in [0.4, 0.5) is 5.13 Å². The van der Waals surface area contributed by atoms with Gasteiger partial charge in [0, 0.05) is 18.2 Å². The molecule has 0 aliphatic rings. The number of amides is 1. The highest BCUT2D eigenvalue weighted by molar-refractivity contribution is 7.18. The summed E-state index contributed by atoms with van der Waals surface area (Å²) in [6.45, 7) is 1.94. The summed E-state index contributed by atoms with van der Waals surface area (Å²) in [7, 11) is 0. The van der Waals surface area contributed by atoms with Crippen LogP contribution < -0.4 is 5.32 Å². The summed E-state index contributed by atoms with van der Waals surface area (Å²) in [5.74, 6) is 0.351. The van der Waals surface area contributed by atoms with Crippen molar-refractivity contribution >= 4 is 39.8 Å². The number of thiazole rings is 1. The average Bonchev–Trinajstić information content (AvgIpc) is 3.31. The van der Waals surface area contributed by atoms with Gasteiger partial charge in [0.1, 0.15) is 10.6 Å². The number of carbonyl (C=O) groups is 2. The Morgan fingerprint density at radius 1 is 1.35 bits per heavy atom. The lowest BCUT2D eigenvalue weighted by molar-refractivity contribution is 0.0984. The van der Waals surface area contributed by atoms with Crippen LogP contribution in [-0.2, 0) is 5.88 Å². The summed E-state index contributed by atoms with van der Waals surface area (Å²) in [5, 5.41) is 3.07. The Bertz CT molecular complexity index is 922. The SMILES string of the molecule is CCCC(=O)c1sc(NC(=O)c2ccnc(CCl)c2)nc1-c1ccco1. The summed E-state index contributed by atoms with van der Waals surface area (Å²) in [6, 6.07) is 6.67. The molecule has 0 bridgehead atoms. The van der Waals surface area contributed by atoms with Crippen molar-refractivity contribution in [1.82, 2.24) is 9.97 Å². The molecule has 0 unspecified atom stereocenters. The Labute approximate surface area is 159 Å². The predicted molar refractivity (Wildman–Crippen MR) is 101 cm³/mol. The number of nitrogens with zero attached hydrogens (tertiary/aromatic N) is 2. The number of pyridine rings is 1. The lowest BCUT2D eigenvalue weighted by atomic mass is 10.1. The molecule has 0 saturated heterocycles. The zero-order valence-electron chi connectivity index (χ0n) is 14.0. The van der Waals surface area contributed by atoms with Crippen LogP contribution in [0, 0.1) is 0 Å². The molecule has 0 spiro atoms. The van der Waals surface area contributed by atoms with Crippen LogP contribution in [0.2, 0.25) is 0 Å². The third-order valence-corrected chi connectivity index (χ3v) is 4.83. The summed E-state index contributed by atoms with van der Waals surface area (Å²) >= 11 is 6.90. The van der Waals surface area contributed by atoms with Crippen LogP contribution in [0.3, 0.4) is 0 Å². The fraction of sp³-hybridized carbons (Fsp3) is 0.222. The number of aromatic nitrogens is 2. The minimum absolute atomic E-state index is 0.0229. The fourth-order valence-corrected chi connectivity index (χ4v) is 3.42. The molecule has 134 valence electrons. The maximum absolute atomic E-state index is 12.5. The van der Waals surface area contributed by atoms with E-state index in [2.05, 4.69) is 15.3 Å². The summed E-state index contributed by atoms with van der Waals surface area (Å²) in [5.41, 5.74) is 1.48. The highest BCUT2D eigenvalue weighted by Crippen LogP contribution is 2.33. The van der Waals surface area contributed by atoms with Gasteiger partial charge in [0.05, 0.1) is 17.8 Å². The van der Waals surface area contributed by atoms with Gasteiger partial charge in [-0.05, 0) is 30.7 Å². The van der Waals surface area contributed by atoms with Gasteiger partial charge in [0.15, 0.2) is 16.7 Å². The first-order valence-electron chi connectivity index (χ1n) is 8.02. The molecule has 8 heteroatoms. The first kappa shape index (κ1) is 18.3. The summed E-state index contributed by atoms with van der Waals surface area (Å²) in [4.78, 5) is 33.8. The maximum atomic E-state index is 12.5. The molecule has 3 heterocycles. The van der Waals surface area contributed by atoms with Crippen molar-refractivity contribution in [2.45, 2.75) is 25.6 Å². The minimum atomic E-state index is -0.340. The lowest BCUT2D eigenvalue weighted by Gasteiger charge is -2.02. The van der Waals surface area contributed by atoms with E-state index < -0.39 is 0 Å². The summed E-state index contributed by atoms with van der Waals surface area (Å²) in [6.07, 6.45) is 4.19. The Hall–Kier alpha value is -2.51. The van der Waals surface area contributed by atoms with Crippen molar-refractivity contribution in [2.24, 2.45) is 0 Å². The topological polar surface area (TPSA) is 85.1 Å². The van der Waals surface area contributed by atoms with Gasteiger partial charge in [-0.3, -0.25) is 19.9 Å². The molecule has 6 nitrogen and oxygen atoms in total. The molecule has 0 aliphatic carbocycles. The standard InChI is InChI=1S/C18H16ClN3O3S/c1-2-4-13(23)16-15(14-5-3-8-25-14)21-18(26-16)22-17(24)11-6-7-20-12(9-11)10-19/h3,5-9H,2,4,10H2,1H3,(H,21,22,24). The lowest BCUT2D eigenvalue weighted by Crippen LogP contribution is -2.12. The van der Waals surface area contributed by atoms with E-state index in [0.29, 0.717) is 39.1 Å². The van der Waals surface area contributed by atoms with E-state index in [4.69, 9.17) is 16.0 Å². The monoisotopic (exact) mass is 389 g/mol. The normalized spacial score (nSPS) is 10.7. The molecule has 3 aromatic rings. The van der Waals surface area contributed by atoms with Gasteiger partial charge in [0.2, 0.25) is 0 Å². The molecular formula is C18H16ClN3O3S. The second-order valence-electron chi connectivity index (χ2n) is 5.47. The van der Waals surface area contributed by atoms with E-state index in [1.54, 1.807) is 24.3 Å². The van der Waals surface area contributed by atoms with E-state index in [9.17, 15) is 9.59 Å². The van der Waals surface area contributed by atoms with Crippen LogP contribution in [0.25, 0.3) is 11.5 Å². The molecule has 1 amide bonds. The molecule has 0 fully saturated rings. The van der Waals surface area contributed by atoms with Gasteiger partial charge in [-0.15, -0.1) is 11.6 Å². The molecule has 3 rings (SSSR count). The Morgan fingerprint density at radius 2 is 2.19 bits per heavy atom. The van der Waals surface area contributed by atoms with Crippen molar-refractivity contribution in [3.05, 3.63) is 52.9 Å². The van der Waals surface area contributed by atoms with E-state index in [1.807, 2.05) is 6.92 Å². The van der Waals surface area contributed by atoms with Crippen LogP contribution in [0.15, 0.2) is 41.1 Å². The Balaban J connectivity index is 1.89. The molecule has 26 heavy (non-hydrogen) atoms. The number of nitrogens with one attached hydrogen (secondary N) is 1. The fourth-order valence-electron chi connectivity index (χ4n) is 2.35. The molecule has 0 aliphatic heterocycles. The largest absolute Gasteiger partial charge is 0.463 e. The number of rotatable bonds is 7. The smallest absolute Gasteiger partial charge is 0.257 e. The molecule has 0 aromatic carbocycles. The number of hydrogen-bond donors (Lipinski definition) is 1. The number of furan rings is 1. The molecule has 0 saturated carbocycles. The molecular weight excluding hydrogens is 374 g/mol. The molecule has 0 atom stereocenters. The number of hydrogen-bond acceptors (Lipinski definition) is 6. The number of Topliss-reactive ketones (excluding diaryl/α,β-unsaturated/α-hetero) is 1. The second kappa shape index (κ2) is 8.25. The zero-order chi connectivity index (χ0) is 18.5. The van der Waals surface area contributed by atoms with Crippen molar-refractivity contribution < 1.29 is 14.0 Å². The van der Waals surface area contributed by atoms with Gasteiger partial charge in [-0.2, -0.15) is 0 Å². The van der Waals surface area contributed by atoms with Crippen molar-refractivity contribution in [1.29, 1.82) is 0 Å². The zero-order valence-corrected chi connectivity index (χ0v) is 15.6. The first-order chi connectivity index (χ1) is 12.6. The molecule has 3 aromatic heterocycles. The third kappa shape index (κ3) is 4.00. The van der Waals surface area contributed by atoms with Crippen LogP contribution in [0.1, 0.15) is 45.5 Å². The number of anilines is 1. The quantitative estimate of drug-likeness (QED) is 0.464. The molecule has 0 radical (unpaired) electrons. The Morgan fingerprint density at radius 3 is 2.88 bits per heavy atom. The minimum Gasteiger partial charge on any atom is -0.463 e. The van der Waals surface area contributed by atoms with Crippen LogP contribution in [0.5, 0.6) is 0 Å². The van der Waals surface area contributed by atoms with Gasteiger partial charge in [-0.1, -0.05) is 18.3 Å². The molecule has 1 N–H and O–H groups in total. The van der Waals surface area contributed by atoms with Gasteiger partial charge in [-0.25, -0.2) is 4.98 Å². The van der Waals surface area contributed by atoms with E-state index in [0.717, 1.165) is 17.8 Å². The third-order valence-electron chi connectivity index (χ3n) is 3.55. The Kier molecular flexibility index (Phi) is 5.80. The van der Waals surface area contributed by atoms with Gasteiger partial charge >= 0.3 is 0 Å². The number of halogens is 1. The van der Waals surface area contributed by atoms with E-state index in [-0.39, 0.29) is 17.6 Å². The van der Waals surface area contributed by atoms with E-state index in [1.165, 1.54) is 12.5 Å². The number of alkyl halides is 1. The first-order valence-corrected chi connectivity index (χ1v) is 9.37. The average molecular weight is 390 g/mol. The highest BCUT2D eigenvalue weighted by Gasteiger charge is 2.22. The van der Waals surface area contributed by atoms with Gasteiger partial charge in [0.25, 0.3) is 5.91 Å². The maximum Gasteiger partial charge on any atom is 0.257 e. The second-order valence-corrected chi connectivity index (χ2v) is 6.74. The number of ketones is 1.